The molecule has 19 heavy (non-hydrogen) atoms. The highest BCUT2D eigenvalue weighted by molar-refractivity contribution is 5.80. The van der Waals surface area contributed by atoms with Crippen LogP contribution in [0.15, 0.2) is 0 Å². The van der Waals surface area contributed by atoms with Gasteiger partial charge in [0.1, 0.15) is 5.54 Å². The van der Waals surface area contributed by atoms with Crippen molar-refractivity contribution in [3.63, 3.8) is 0 Å². The Morgan fingerprint density at radius 2 is 1.95 bits per heavy atom. The minimum atomic E-state index is -0.747. The molecule has 1 fully saturated rings. The van der Waals surface area contributed by atoms with E-state index in [-0.39, 0.29) is 12.1 Å². The number of hydrogen-bond acceptors (Lipinski definition) is 4. The minimum Gasteiger partial charge on any atom is -0.465 e. The molecule has 1 saturated carbocycles. The highest BCUT2D eigenvalue weighted by Gasteiger charge is 2.35. The quantitative estimate of drug-likeness (QED) is 0.754. The normalized spacial score (nSPS) is 22.8. The first kappa shape index (κ1) is 16.4. The highest BCUT2D eigenvalue weighted by atomic mass is 16.5. The van der Waals surface area contributed by atoms with Crippen molar-refractivity contribution in [2.75, 3.05) is 20.3 Å². The van der Waals surface area contributed by atoms with Gasteiger partial charge in [-0.25, -0.2) is 4.79 Å². The molecule has 112 valence electrons. The zero-order chi connectivity index (χ0) is 14.5. The second kappa shape index (κ2) is 6.71. The van der Waals surface area contributed by atoms with Gasteiger partial charge < -0.3 is 14.8 Å². The van der Waals surface area contributed by atoms with E-state index in [1.165, 1.54) is 12.8 Å². The van der Waals surface area contributed by atoms with Crippen LogP contribution < -0.4 is 5.32 Å². The molecule has 1 unspecified atom stereocenters. The molecule has 0 heterocycles. The fourth-order valence-electron chi connectivity index (χ4n) is 2.35. The summed E-state index contributed by atoms with van der Waals surface area (Å²) in [4.78, 5) is 11.9. The molecule has 1 rings (SSSR count). The van der Waals surface area contributed by atoms with E-state index in [4.69, 9.17) is 9.47 Å². The molecule has 0 aliphatic heterocycles. The summed E-state index contributed by atoms with van der Waals surface area (Å²) in [6.45, 7) is 9.02. The van der Waals surface area contributed by atoms with E-state index in [2.05, 4.69) is 19.2 Å². The third-order valence-electron chi connectivity index (χ3n) is 4.17. The van der Waals surface area contributed by atoms with E-state index in [0.717, 1.165) is 12.8 Å². The third kappa shape index (κ3) is 4.77. The Morgan fingerprint density at radius 1 is 1.37 bits per heavy atom. The van der Waals surface area contributed by atoms with Crippen molar-refractivity contribution in [3.05, 3.63) is 0 Å². The molecule has 1 aliphatic rings. The van der Waals surface area contributed by atoms with Crippen LogP contribution in [-0.2, 0) is 14.3 Å². The SMILES string of the molecule is CCOC(=O)C(C)(COC1CCC(C)(C)CC1)NC. The van der Waals surface area contributed by atoms with Gasteiger partial charge in [0.25, 0.3) is 0 Å². The van der Waals surface area contributed by atoms with Crippen LogP contribution in [-0.4, -0.2) is 37.9 Å². The predicted octanol–water partition coefficient (Wildman–Crippen LogP) is 2.51. The number of carbonyl (C=O) groups excluding carboxylic acids is 1. The summed E-state index contributed by atoms with van der Waals surface area (Å²) in [5.41, 5.74) is -0.309. The van der Waals surface area contributed by atoms with E-state index in [1.807, 2.05) is 13.8 Å². The maximum absolute atomic E-state index is 11.9. The number of hydrogen-bond donors (Lipinski definition) is 1. The van der Waals surface area contributed by atoms with E-state index in [9.17, 15) is 4.79 Å². The summed E-state index contributed by atoms with van der Waals surface area (Å²) < 4.78 is 11.0. The fraction of sp³-hybridized carbons (Fsp3) is 0.933. The third-order valence-corrected chi connectivity index (χ3v) is 4.17. The summed E-state index contributed by atoms with van der Waals surface area (Å²) in [5, 5.41) is 3.02. The van der Waals surface area contributed by atoms with Crippen molar-refractivity contribution in [2.45, 2.75) is 65.0 Å². The fourth-order valence-corrected chi connectivity index (χ4v) is 2.35. The zero-order valence-electron chi connectivity index (χ0n) is 13.0. The molecule has 0 radical (unpaired) electrons. The van der Waals surface area contributed by atoms with Crippen LogP contribution in [0.2, 0.25) is 0 Å². The lowest BCUT2D eigenvalue weighted by atomic mass is 9.76. The summed E-state index contributed by atoms with van der Waals surface area (Å²) >= 11 is 0. The van der Waals surface area contributed by atoms with E-state index >= 15 is 0 Å². The molecule has 4 heteroatoms. The minimum absolute atomic E-state index is 0.242. The number of esters is 1. The van der Waals surface area contributed by atoms with Crippen molar-refractivity contribution in [3.8, 4) is 0 Å². The number of rotatable bonds is 6. The van der Waals surface area contributed by atoms with E-state index in [1.54, 1.807) is 7.05 Å². The van der Waals surface area contributed by atoms with Crippen LogP contribution in [0.1, 0.15) is 53.4 Å². The molecule has 1 N–H and O–H groups in total. The first-order valence-electron chi connectivity index (χ1n) is 7.31. The maximum atomic E-state index is 11.9. The van der Waals surface area contributed by atoms with Crippen molar-refractivity contribution in [1.29, 1.82) is 0 Å². The molecule has 0 bridgehead atoms. The molecule has 0 aromatic carbocycles. The van der Waals surface area contributed by atoms with Crippen LogP contribution in [0.25, 0.3) is 0 Å². The van der Waals surface area contributed by atoms with Gasteiger partial charge in [-0.2, -0.15) is 0 Å². The molecule has 0 aromatic heterocycles. The number of likely N-dealkylation sites (N-methyl/N-ethyl adjacent to an activating group) is 1. The first-order chi connectivity index (χ1) is 8.83. The monoisotopic (exact) mass is 271 g/mol. The lowest BCUT2D eigenvalue weighted by Gasteiger charge is -2.36. The topological polar surface area (TPSA) is 47.6 Å². The van der Waals surface area contributed by atoms with Gasteiger partial charge in [-0.05, 0) is 52.0 Å². The lowest BCUT2D eigenvalue weighted by molar-refractivity contribution is -0.154. The van der Waals surface area contributed by atoms with Gasteiger partial charge in [0.15, 0.2) is 0 Å². The van der Waals surface area contributed by atoms with Gasteiger partial charge in [0.05, 0.1) is 19.3 Å². The Hall–Kier alpha value is -0.610. The zero-order valence-corrected chi connectivity index (χ0v) is 13.0. The van der Waals surface area contributed by atoms with Gasteiger partial charge in [0, 0.05) is 0 Å². The molecular weight excluding hydrogens is 242 g/mol. The number of nitrogens with one attached hydrogen (secondary N) is 1. The summed E-state index contributed by atoms with van der Waals surface area (Å²) in [6, 6.07) is 0. The number of ether oxygens (including phenoxy) is 2. The van der Waals surface area contributed by atoms with Crippen molar-refractivity contribution in [2.24, 2.45) is 5.41 Å². The average Bonchev–Trinajstić information content (AvgIpc) is 2.37. The van der Waals surface area contributed by atoms with Gasteiger partial charge in [0.2, 0.25) is 0 Å². The highest BCUT2D eigenvalue weighted by Crippen LogP contribution is 2.36. The Kier molecular flexibility index (Phi) is 5.81. The Labute approximate surface area is 117 Å². The second-order valence-electron chi connectivity index (χ2n) is 6.48. The average molecular weight is 271 g/mol. The van der Waals surface area contributed by atoms with Crippen LogP contribution in [0.4, 0.5) is 0 Å². The molecule has 1 aliphatic carbocycles. The maximum Gasteiger partial charge on any atom is 0.328 e. The van der Waals surface area contributed by atoms with Gasteiger partial charge in [-0.15, -0.1) is 0 Å². The molecule has 1 atom stereocenters. The summed E-state index contributed by atoms with van der Waals surface area (Å²) in [6.07, 6.45) is 4.81. The first-order valence-corrected chi connectivity index (χ1v) is 7.31. The van der Waals surface area contributed by atoms with Gasteiger partial charge in [-0.1, -0.05) is 13.8 Å². The van der Waals surface area contributed by atoms with Gasteiger partial charge >= 0.3 is 5.97 Å². The Morgan fingerprint density at radius 3 is 2.42 bits per heavy atom. The molecule has 0 saturated heterocycles. The van der Waals surface area contributed by atoms with Crippen molar-refractivity contribution >= 4 is 5.97 Å². The second-order valence-corrected chi connectivity index (χ2v) is 6.48. The van der Waals surface area contributed by atoms with Crippen LogP contribution >= 0.6 is 0 Å². The van der Waals surface area contributed by atoms with Gasteiger partial charge in [-0.3, -0.25) is 0 Å². The largest absolute Gasteiger partial charge is 0.465 e. The van der Waals surface area contributed by atoms with Crippen LogP contribution in [0, 0.1) is 5.41 Å². The Balaban J connectivity index is 2.43. The summed E-state index contributed by atoms with van der Waals surface area (Å²) in [5.74, 6) is -0.242. The molecule has 0 spiro atoms. The smallest absolute Gasteiger partial charge is 0.328 e. The lowest BCUT2D eigenvalue weighted by Crippen LogP contribution is -2.53. The van der Waals surface area contributed by atoms with Crippen LogP contribution in [0.3, 0.4) is 0 Å². The standard InChI is InChI=1S/C15H29NO3/c1-6-18-13(17)15(4,16-5)11-19-12-7-9-14(2,3)10-8-12/h12,16H,6-11H2,1-5H3. The molecule has 0 aromatic rings. The van der Waals surface area contributed by atoms with Crippen molar-refractivity contribution in [1.82, 2.24) is 5.32 Å². The number of carbonyl (C=O) groups is 1. The van der Waals surface area contributed by atoms with E-state index in [0.29, 0.717) is 18.6 Å². The Bertz CT molecular complexity index is 294. The molecule has 0 amide bonds. The predicted molar refractivity (Wildman–Crippen MR) is 76.1 cm³/mol. The van der Waals surface area contributed by atoms with Crippen molar-refractivity contribution < 1.29 is 14.3 Å². The van der Waals surface area contributed by atoms with Crippen LogP contribution in [0.5, 0.6) is 0 Å². The molecular formula is C15H29NO3. The van der Waals surface area contributed by atoms with E-state index < -0.39 is 5.54 Å². The molecule has 4 nitrogen and oxygen atoms in total. The summed E-state index contributed by atoms with van der Waals surface area (Å²) in [7, 11) is 1.77.